The lowest BCUT2D eigenvalue weighted by Crippen LogP contribution is -2.45. The third-order valence-corrected chi connectivity index (χ3v) is 3.69. The van der Waals surface area contributed by atoms with E-state index in [0.29, 0.717) is 0 Å². The molecule has 1 heterocycles. The summed E-state index contributed by atoms with van der Waals surface area (Å²) in [5.41, 5.74) is 5.49. The summed E-state index contributed by atoms with van der Waals surface area (Å²) >= 11 is 0. The smallest absolute Gasteiger partial charge is 0.0220 e. The molecule has 0 aromatic carbocycles. The molecule has 1 saturated heterocycles. The second-order valence-corrected chi connectivity index (χ2v) is 5.24. The number of nitrogens with two attached hydrogens (primary N) is 1. The Hall–Kier alpha value is -0.120. The molecule has 0 spiro atoms. The lowest BCUT2D eigenvalue weighted by Gasteiger charge is -2.35. The molecule has 0 bridgehead atoms. The standard InChI is InChI=1S/C13H29N3/c1-15-10-7-8-13(12-15)16(2)11-6-4-3-5-9-14/h13H,3-12,14H2,1-2H3. The van der Waals surface area contributed by atoms with Crippen LogP contribution in [0.25, 0.3) is 0 Å². The summed E-state index contributed by atoms with van der Waals surface area (Å²) < 4.78 is 0. The fourth-order valence-electron chi connectivity index (χ4n) is 2.54. The van der Waals surface area contributed by atoms with Crippen LogP contribution in [-0.4, -0.2) is 56.1 Å². The van der Waals surface area contributed by atoms with Gasteiger partial charge in [-0.2, -0.15) is 0 Å². The molecule has 0 aliphatic carbocycles. The van der Waals surface area contributed by atoms with Crippen LogP contribution in [0, 0.1) is 0 Å². The lowest BCUT2D eigenvalue weighted by molar-refractivity contribution is 0.133. The van der Waals surface area contributed by atoms with E-state index in [2.05, 4.69) is 23.9 Å². The van der Waals surface area contributed by atoms with E-state index in [-0.39, 0.29) is 0 Å². The summed E-state index contributed by atoms with van der Waals surface area (Å²) in [5.74, 6) is 0. The minimum absolute atomic E-state index is 0.785. The topological polar surface area (TPSA) is 32.5 Å². The second-order valence-electron chi connectivity index (χ2n) is 5.24. The van der Waals surface area contributed by atoms with Crippen molar-refractivity contribution in [1.29, 1.82) is 0 Å². The van der Waals surface area contributed by atoms with Crippen molar-refractivity contribution in [3.63, 3.8) is 0 Å². The first-order chi connectivity index (χ1) is 7.74. The Balaban J connectivity index is 2.06. The maximum absolute atomic E-state index is 5.49. The Morgan fingerprint density at radius 1 is 1.25 bits per heavy atom. The predicted octanol–water partition coefficient (Wildman–Crippen LogP) is 1.53. The fraction of sp³-hybridized carbons (Fsp3) is 1.00. The molecule has 1 atom stereocenters. The molecule has 1 unspecified atom stereocenters. The van der Waals surface area contributed by atoms with Crippen molar-refractivity contribution in [2.75, 3.05) is 40.3 Å². The number of unbranched alkanes of at least 4 members (excludes halogenated alkanes) is 3. The van der Waals surface area contributed by atoms with E-state index in [4.69, 9.17) is 5.73 Å². The van der Waals surface area contributed by atoms with Crippen LogP contribution < -0.4 is 5.73 Å². The summed E-state index contributed by atoms with van der Waals surface area (Å²) in [6.45, 7) is 4.63. The first-order valence-corrected chi connectivity index (χ1v) is 6.83. The zero-order valence-electron chi connectivity index (χ0n) is 11.1. The van der Waals surface area contributed by atoms with Gasteiger partial charge in [0.15, 0.2) is 0 Å². The molecular formula is C13H29N3. The molecule has 1 aliphatic rings. The van der Waals surface area contributed by atoms with Crippen molar-refractivity contribution in [2.45, 2.75) is 44.6 Å². The Kier molecular flexibility index (Phi) is 7.01. The number of rotatable bonds is 7. The number of likely N-dealkylation sites (tertiary alicyclic amines) is 1. The van der Waals surface area contributed by atoms with E-state index < -0.39 is 0 Å². The SMILES string of the molecule is CN1CCCC(N(C)CCCCCCN)C1. The highest BCUT2D eigenvalue weighted by Gasteiger charge is 2.20. The molecule has 2 N–H and O–H groups in total. The van der Waals surface area contributed by atoms with Crippen LogP contribution in [-0.2, 0) is 0 Å². The van der Waals surface area contributed by atoms with Gasteiger partial charge >= 0.3 is 0 Å². The van der Waals surface area contributed by atoms with Gasteiger partial charge in [-0.25, -0.2) is 0 Å². The third-order valence-electron chi connectivity index (χ3n) is 3.69. The largest absolute Gasteiger partial charge is 0.330 e. The average Bonchev–Trinajstić information content (AvgIpc) is 2.28. The lowest BCUT2D eigenvalue weighted by atomic mass is 10.0. The monoisotopic (exact) mass is 227 g/mol. The number of likely N-dealkylation sites (N-methyl/N-ethyl adjacent to an activating group) is 2. The van der Waals surface area contributed by atoms with Crippen LogP contribution in [0.1, 0.15) is 38.5 Å². The summed E-state index contributed by atoms with van der Waals surface area (Å²) in [5, 5.41) is 0. The van der Waals surface area contributed by atoms with Gasteiger partial charge in [0.25, 0.3) is 0 Å². The Morgan fingerprint density at radius 3 is 2.69 bits per heavy atom. The number of piperidine rings is 1. The fourth-order valence-corrected chi connectivity index (χ4v) is 2.54. The summed E-state index contributed by atoms with van der Waals surface area (Å²) in [4.78, 5) is 5.01. The number of hydrogen-bond donors (Lipinski definition) is 1. The van der Waals surface area contributed by atoms with Gasteiger partial charge in [0.2, 0.25) is 0 Å². The molecule has 1 rings (SSSR count). The van der Waals surface area contributed by atoms with Crippen molar-refractivity contribution < 1.29 is 0 Å². The second kappa shape index (κ2) is 8.04. The zero-order chi connectivity index (χ0) is 11.8. The molecule has 0 radical (unpaired) electrons. The van der Waals surface area contributed by atoms with Crippen LogP contribution in [0.5, 0.6) is 0 Å². The van der Waals surface area contributed by atoms with Crippen LogP contribution in [0.2, 0.25) is 0 Å². The van der Waals surface area contributed by atoms with E-state index in [1.54, 1.807) is 0 Å². The van der Waals surface area contributed by atoms with Gasteiger partial charge in [-0.3, -0.25) is 0 Å². The minimum Gasteiger partial charge on any atom is -0.330 e. The van der Waals surface area contributed by atoms with Gasteiger partial charge in [0.1, 0.15) is 0 Å². The van der Waals surface area contributed by atoms with Gasteiger partial charge in [0.05, 0.1) is 0 Å². The first-order valence-electron chi connectivity index (χ1n) is 6.83. The summed E-state index contributed by atoms with van der Waals surface area (Å²) in [6.07, 6.45) is 7.90. The molecule has 3 heteroatoms. The molecule has 1 aliphatic heterocycles. The van der Waals surface area contributed by atoms with Gasteiger partial charge in [-0.05, 0) is 59.4 Å². The summed E-state index contributed by atoms with van der Waals surface area (Å²) in [7, 11) is 4.52. The van der Waals surface area contributed by atoms with Crippen molar-refractivity contribution >= 4 is 0 Å². The van der Waals surface area contributed by atoms with Crippen LogP contribution in [0.15, 0.2) is 0 Å². The molecule has 0 amide bonds. The van der Waals surface area contributed by atoms with E-state index in [1.807, 2.05) is 0 Å². The Morgan fingerprint density at radius 2 is 2.00 bits per heavy atom. The van der Waals surface area contributed by atoms with Gasteiger partial charge in [0, 0.05) is 12.6 Å². The average molecular weight is 227 g/mol. The highest BCUT2D eigenvalue weighted by Crippen LogP contribution is 2.14. The van der Waals surface area contributed by atoms with Gasteiger partial charge in [-0.15, -0.1) is 0 Å². The molecule has 16 heavy (non-hydrogen) atoms. The number of hydrogen-bond acceptors (Lipinski definition) is 3. The number of nitrogens with zero attached hydrogens (tertiary/aromatic N) is 2. The molecule has 0 saturated carbocycles. The molecule has 0 aromatic heterocycles. The highest BCUT2D eigenvalue weighted by molar-refractivity contribution is 4.77. The van der Waals surface area contributed by atoms with Gasteiger partial charge < -0.3 is 15.5 Å². The molecular weight excluding hydrogens is 198 g/mol. The molecule has 96 valence electrons. The van der Waals surface area contributed by atoms with Crippen molar-refractivity contribution in [3.05, 3.63) is 0 Å². The maximum atomic E-state index is 5.49. The zero-order valence-corrected chi connectivity index (χ0v) is 11.1. The molecule has 1 fully saturated rings. The normalized spacial score (nSPS) is 22.9. The molecule has 0 aromatic rings. The highest BCUT2D eigenvalue weighted by atomic mass is 15.2. The molecule has 3 nitrogen and oxygen atoms in total. The summed E-state index contributed by atoms with van der Waals surface area (Å²) in [6, 6.07) is 0.785. The van der Waals surface area contributed by atoms with Crippen LogP contribution in [0.4, 0.5) is 0 Å². The minimum atomic E-state index is 0.785. The van der Waals surface area contributed by atoms with Crippen LogP contribution >= 0.6 is 0 Å². The van der Waals surface area contributed by atoms with E-state index in [9.17, 15) is 0 Å². The van der Waals surface area contributed by atoms with E-state index in [1.165, 1.54) is 58.2 Å². The Bertz CT molecular complexity index is 173. The Labute approximate surface area is 101 Å². The van der Waals surface area contributed by atoms with Crippen molar-refractivity contribution in [1.82, 2.24) is 9.80 Å². The van der Waals surface area contributed by atoms with Gasteiger partial charge in [-0.1, -0.05) is 12.8 Å². The predicted molar refractivity (Wildman–Crippen MR) is 70.7 cm³/mol. The van der Waals surface area contributed by atoms with Crippen molar-refractivity contribution in [3.8, 4) is 0 Å². The first kappa shape index (κ1) is 13.9. The third kappa shape index (κ3) is 5.28. The quantitative estimate of drug-likeness (QED) is 0.670. The maximum Gasteiger partial charge on any atom is 0.0220 e. The van der Waals surface area contributed by atoms with E-state index >= 15 is 0 Å². The van der Waals surface area contributed by atoms with E-state index in [0.717, 1.165) is 12.6 Å². The van der Waals surface area contributed by atoms with Crippen LogP contribution in [0.3, 0.4) is 0 Å². The van der Waals surface area contributed by atoms with Crippen molar-refractivity contribution in [2.24, 2.45) is 5.73 Å².